The molecule has 0 fully saturated rings. The average molecular weight is 420 g/mol. The summed E-state index contributed by atoms with van der Waals surface area (Å²) in [5, 5.41) is 10.1. The number of hydrogen-bond acceptors (Lipinski definition) is 8. The van der Waals surface area contributed by atoms with E-state index in [9.17, 15) is 0 Å². The Bertz CT molecular complexity index is 1390. The van der Waals surface area contributed by atoms with Crippen molar-refractivity contribution in [2.75, 3.05) is 12.4 Å². The lowest BCUT2D eigenvalue weighted by molar-refractivity contribution is 0.393. The van der Waals surface area contributed by atoms with Gasteiger partial charge in [0.1, 0.15) is 28.8 Å². The van der Waals surface area contributed by atoms with Crippen LogP contribution in [0.2, 0.25) is 0 Å². The molecule has 0 unspecified atom stereocenters. The molecule has 5 aromatic rings. The van der Waals surface area contributed by atoms with E-state index in [1.807, 2.05) is 40.0 Å². The number of hydrogen-bond donors (Lipinski definition) is 2. The molecule has 9 heteroatoms. The zero-order valence-corrected chi connectivity index (χ0v) is 18.1. The molecule has 0 saturated carbocycles. The molecule has 4 aromatic heterocycles. The van der Waals surface area contributed by atoms with Gasteiger partial charge in [0.2, 0.25) is 0 Å². The van der Waals surface area contributed by atoms with Gasteiger partial charge < -0.3 is 19.6 Å². The Balaban J connectivity index is 1.77. The molecule has 30 heavy (non-hydrogen) atoms. The van der Waals surface area contributed by atoms with Gasteiger partial charge in [0.25, 0.3) is 0 Å². The predicted octanol–water partition coefficient (Wildman–Crippen LogP) is 5.21. The van der Waals surface area contributed by atoms with Crippen LogP contribution in [0.1, 0.15) is 22.2 Å². The van der Waals surface area contributed by atoms with Crippen molar-refractivity contribution in [1.82, 2.24) is 25.1 Å². The van der Waals surface area contributed by atoms with Gasteiger partial charge in [-0.15, -0.1) is 11.3 Å². The molecule has 152 valence electrons. The molecule has 4 heterocycles. The average Bonchev–Trinajstić information content (AvgIpc) is 3.37. The fraction of sp³-hybridized carbons (Fsp3) is 0.238. The SMILES string of the molecule is COc1cc2c(cc1-c1c(C)noc1C)[nH]c1nc(C)nc(Nc3ncc(C)s3)c12. The van der Waals surface area contributed by atoms with Crippen molar-refractivity contribution >= 4 is 44.2 Å². The number of thiazole rings is 1. The molecule has 0 atom stereocenters. The number of aryl methyl sites for hydroxylation is 4. The van der Waals surface area contributed by atoms with Crippen molar-refractivity contribution in [2.45, 2.75) is 27.7 Å². The van der Waals surface area contributed by atoms with Crippen LogP contribution >= 0.6 is 11.3 Å². The summed E-state index contributed by atoms with van der Waals surface area (Å²) >= 11 is 1.58. The zero-order valence-electron chi connectivity index (χ0n) is 17.2. The standard InChI is InChI=1S/C21H20N6O2S/c1-9-8-22-21(30-9)26-20-18-13-7-16(28-5)14(17-10(2)27-29-11(17)3)6-15(13)25-19(18)23-12(4)24-20/h6-8H,1-5H3,(H2,22,23,24,25,26). The van der Waals surface area contributed by atoms with Gasteiger partial charge in [0.05, 0.1) is 23.8 Å². The number of rotatable bonds is 4. The molecular formula is C21H20N6O2S. The fourth-order valence-corrected chi connectivity index (χ4v) is 4.44. The van der Waals surface area contributed by atoms with E-state index < -0.39 is 0 Å². The van der Waals surface area contributed by atoms with Gasteiger partial charge in [-0.25, -0.2) is 15.0 Å². The number of ether oxygens (including phenoxy) is 1. The molecule has 0 aliphatic heterocycles. The first-order valence-corrected chi connectivity index (χ1v) is 10.3. The first-order chi connectivity index (χ1) is 14.4. The van der Waals surface area contributed by atoms with E-state index in [0.717, 1.165) is 60.3 Å². The maximum Gasteiger partial charge on any atom is 0.188 e. The van der Waals surface area contributed by atoms with Crippen LogP contribution in [0.3, 0.4) is 0 Å². The van der Waals surface area contributed by atoms with Crippen molar-refractivity contribution in [3.8, 4) is 16.9 Å². The van der Waals surface area contributed by atoms with E-state index in [4.69, 9.17) is 9.26 Å². The number of fused-ring (bicyclic) bond motifs is 3. The number of nitrogens with one attached hydrogen (secondary N) is 2. The van der Waals surface area contributed by atoms with Crippen LogP contribution in [0, 0.1) is 27.7 Å². The highest BCUT2D eigenvalue weighted by Crippen LogP contribution is 2.41. The Labute approximate surface area is 176 Å². The van der Waals surface area contributed by atoms with Gasteiger partial charge >= 0.3 is 0 Å². The van der Waals surface area contributed by atoms with Crippen LogP contribution in [0.25, 0.3) is 33.1 Å². The molecule has 5 rings (SSSR count). The summed E-state index contributed by atoms with van der Waals surface area (Å²) in [5.74, 6) is 2.86. The molecule has 2 N–H and O–H groups in total. The molecule has 0 spiro atoms. The Morgan fingerprint density at radius 1 is 1.13 bits per heavy atom. The van der Waals surface area contributed by atoms with Crippen molar-refractivity contribution < 1.29 is 9.26 Å². The molecule has 0 aliphatic carbocycles. The second-order valence-corrected chi connectivity index (χ2v) is 8.40. The van der Waals surface area contributed by atoms with E-state index in [1.165, 1.54) is 0 Å². The van der Waals surface area contributed by atoms with Gasteiger partial charge in [0.15, 0.2) is 5.13 Å². The molecule has 1 aromatic carbocycles. The first-order valence-electron chi connectivity index (χ1n) is 9.45. The van der Waals surface area contributed by atoms with Crippen molar-refractivity contribution in [1.29, 1.82) is 0 Å². The number of H-pyrrole nitrogens is 1. The predicted molar refractivity (Wildman–Crippen MR) is 118 cm³/mol. The molecule has 0 amide bonds. The molecular weight excluding hydrogens is 400 g/mol. The third-order valence-corrected chi connectivity index (χ3v) is 5.86. The van der Waals surface area contributed by atoms with Gasteiger partial charge in [-0.1, -0.05) is 5.16 Å². The van der Waals surface area contributed by atoms with Crippen LogP contribution in [-0.2, 0) is 0 Å². The lowest BCUT2D eigenvalue weighted by atomic mass is 10.0. The van der Waals surface area contributed by atoms with Crippen molar-refractivity contribution in [3.63, 3.8) is 0 Å². The largest absolute Gasteiger partial charge is 0.496 e. The fourth-order valence-electron chi connectivity index (χ4n) is 3.77. The molecule has 0 saturated heterocycles. The minimum Gasteiger partial charge on any atom is -0.496 e. The van der Waals surface area contributed by atoms with Crippen LogP contribution in [0.4, 0.5) is 10.9 Å². The van der Waals surface area contributed by atoms with E-state index in [-0.39, 0.29) is 0 Å². The molecule has 0 bridgehead atoms. The summed E-state index contributed by atoms with van der Waals surface area (Å²) in [5.41, 5.74) is 4.36. The minimum atomic E-state index is 0.669. The normalized spacial score (nSPS) is 11.5. The van der Waals surface area contributed by atoms with Crippen LogP contribution < -0.4 is 10.1 Å². The molecule has 0 radical (unpaired) electrons. The monoisotopic (exact) mass is 420 g/mol. The van der Waals surface area contributed by atoms with Crippen LogP contribution in [0.5, 0.6) is 5.75 Å². The lowest BCUT2D eigenvalue weighted by Crippen LogP contribution is -1.98. The Morgan fingerprint density at radius 2 is 1.97 bits per heavy atom. The number of aromatic nitrogens is 5. The van der Waals surface area contributed by atoms with E-state index in [0.29, 0.717) is 11.6 Å². The minimum absolute atomic E-state index is 0.669. The topological polar surface area (TPSA) is 102 Å². The van der Waals surface area contributed by atoms with E-state index in [1.54, 1.807) is 18.4 Å². The quantitative estimate of drug-likeness (QED) is 0.411. The maximum absolute atomic E-state index is 5.74. The Kier molecular flexibility index (Phi) is 4.21. The third kappa shape index (κ3) is 2.89. The highest BCUT2D eigenvalue weighted by Gasteiger charge is 2.20. The smallest absolute Gasteiger partial charge is 0.188 e. The van der Waals surface area contributed by atoms with E-state index in [2.05, 4.69) is 36.5 Å². The number of methoxy groups -OCH3 is 1. The number of anilines is 2. The summed E-state index contributed by atoms with van der Waals surface area (Å²) in [6.07, 6.45) is 1.84. The number of nitrogens with zero attached hydrogens (tertiary/aromatic N) is 4. The summed E-state index contributed by atoms with van der Waals surface area (Å²) in [4.78, 5) is 18.2. The van der Waals surface area contributed by atoms with Gasteiger partial charge in [-0.05, 0) is 39.8 Å². The second-order valence-electron chi connectivity index (χ2n) is 7.17. The second kappa shape index (κ2) is 6.81. The van der Waals surface area contributed by atoms with Crippen LogP contribution in [-0.4, -0.2) is 32.2 Å². The number of benzene rings is 1. The zero-order chi connectivity index (χ0) is 21.0. The van der Waals surface area contributed by atoms with Gasteiger partial charge in [0, 0.05) is 27.5 Å². The summed E-state index contributed by atoms with van der Waals surface area (Å²) in [7, 11) is 1.66. The molecule has 8 nitrogen and oxygen atoms in total. The van der Waals surface area contributed by atoms with Gasteiger partial charge in [-0.3, -0.25) is 0 Å². The summed E-state index contributed by atoms with van der Waals surface area (Å²) in [6, 6.07) is 4.06. The summed E-state index contributed by atoms with van der Waals surface area (Å²) in [6.45, 7) is 7.72. The highest BCUT2D eigenvalue weighted by atomic mass is 32.1. The summed E-state index contributed by atoms with van der Waals surface area (Å²) < 4.78 is 11.1. The van der Waals surface area contributed by atoms with Crippen molar-refractivity contribution in [3.05, 3.63) is 40.5 Å². The van der Waals surface area contributed by atoms with Crippen molar-refractivity contribution in [2.24, 2.45) is 0 Å². The third-order valence-electron chi connectivity index (χ3n) is 5.03. The number of aromatic amines is 1. The lowest BCUT2D eigenvalue weighted by Gasteiger charge is -2.09. The first kappa shape index (κ1) is 18.6. The Morgan fingerprint density at radius 3 is 2.63 bits per heavy atom. The maximum atomic E-state index is 5.74. The van der Waals surface area contributed by atoms with Crippen LogP contribution in [0.15, 0.2) is 22.9 Å². The molecule has 0 aliphatic rings. The Hall–Kier alpha value is -3.46. The highest BCUT2D eigenvalue weighted by molar-refractivity contribution is 7.15. The van der Waals surface area contributed by atoms with E-state index >= 15 is 0 Å². The van der Waals surface area contributed by atoms with Gasteiger partial charge in [-0.2, -0.15) is 0 Å².